The molecule has 3 fully saturated rings. The van der Waals surface area contributed by atoms with Crippen molar-refractivity contribution in [3.63, 3.8) is 0 Å². The van der Waals surface area contributed by atoms with Crippen molar-refractivity contribution in [3.8, 4) is 5.75 Å². The number of fused-ring (bicyclic) bond motifs is 1. The van der Waals surface area contributed by atoms with E-state index in [1.807, 2.05) is 18.2 Å². The number of morpholine rings is 1. The Hall–Kier alpha value is -3.61. The number of benzene rings is 3. The van der Waals surface area contributed by atoms with Gasteiger partial charge in [-0.05, 0) is 73.5 Å². The standard InChI is InChI=1S/C38H45FN4O5S/c39-29-21-26(10-15-40-23-32(45)30-8-9-31(44)33-34(30)49-36(47)41-33)20-27(22-29)24-42-16-13-37(14-17-42)25-43(18-19-48-37)35(46)38(11-4-5-12-38)28-6-2-1-3-7-28/h1-3,6-9,20-22,32,40,44-45H,4-5,10-19,23-25H2,(H,41,47). The fourth-order valence-corrected chi connectivity index (χ4v) is 9.12. The number of likely N-dealkylation sites (tertiary alicyclic amines) is 1. The van der Waals surface area contributed by atoms with Crippen molar-refractivity contribution >= 4 is 27.5 Å². The fraction of sp³-hybridized carbons (Fsp3) is 0.474. The number of hydrogen-bond donors (Lipinski definition) is 4. The molecule has 3 aliphatic rings. The maximum atomic E-state index is 14.7. The summed E-state index contributed by atoms with van der Waals surface area (Å²) in [4.78, 5) is 32.7. The summed E-state index contributed by atoms with van der Waals surface area (Å²) in [7, 11) is 0. The van der Waals surface area contributed by atoms with Crippen molar-refractivity contribution in [1.29, 1.82) is 0 Å². The number of ether oxygens (including phenoxy) is 1. The molecule has 0 radical (unpaired) electrons. The van der Waals surface area contributed by atoms with E-state index >= 15 is 0 Å². The maximum absolute atomic E-state index is 14.7. The van der Waals surface area contributed by atoms with Gasteiger partial charge in [0, 0.05) is 44.8 Å². The van der Waals surface area contributed by atoms with Crippen LogP contribution in [0.25, 0.3) is 10.2 Å². The molecular formula is C38H45FN4O5S. The van der Waals surface area contributed by atoms with Crippen LogP contribution in [0, 0.1) is 5.82 Å². The number of H-pyrrole nitrogens is 1. The molecule has 0 bridgehead atoms. The second-order valence-electron chi connectivity index (χ2n) is 14.0. The van der Waals surface area contributed by atoms with Gasteiger partial charge in [0.25, 0.3) is 0 Å². The summed E-state index contributed by atoms with van der Waals surface area (Å²) < 4.78 is 21.7. The second kappa shape index (κ2) is 14.3. The fourth-order valence-electron chi connectivity index (χ4n) is 8.20. The number of aliphatic hydroxyl groups excluding tert-OH is 1. The molecule has 4 N–H and O–H groups in total. The molecule has 2 saturated heterocycles. The Morgan fingerprint density at radius 2 is 1.78 bits per heavy atom. The molecule has 4 aromatic rings. The monoisotopic (exact) mass is 688 g/mol. The molecule has 7 rings (SSSR count). The van der Waals surface area contributed by atoms with Crippen molar-refractivity contribution in [2.75, 3.05) is 45.9 Å². The number of nitrogens with zero attached hydrogens (tertiary/aromatic N) is 2. The van der Waals surface area contributed by atoms with Crippen LogP contribution in [-0.2, 0) is 27.9 Å². The maximum Gasteiger partial charge on any atom is 0.305 e. The minimum Gasteiger partial charge on any atom is -0.506 e. The Labute approximate surface area is 289 Å². The normalized spacial score (nSPS) is 19.8. The van der Waals surface area contributed by atoms with Gasteiger partial charge in [-0.25, -0.2) is 4.39 Å². The summed E-state index contributed by atoms with van der Waals surface area (Å²) in [5, 5.41) is 24.0. The largest absolute Gasteiger partial charge is 0.506 e. The number of halogens is 1. The average molecular weight is 689 g/mol. The second-order valence-corrected chi connectivity index (χ2v) is 15.0. The molecular weight excluding hydrogens is 644 g/mol. The van der Waals surface area contributed by atoms with E-state index in [9.17, 15) is 24.2 Å². The third kappa shape index (κ3) is 7.18. The molecule has 9 nitrogen and oxygen atoms in total. The number of amides is 1. The van der Waals surface area contributed by atoms with Gasteiger partial charge < -0.3 is 30.2 Å². The van der Waals surface area contributed by atoms with Gasteiger partial charge in [0.1, 0.15) is 17.1 Å². The van der Waals surface area contributed by atoms with Crippen LogP contribution in [0.2, 0.25) is 0 Å². The van der Waals surface area contributed by atoms with E-state index in [1.54, 1.807) is 18.2 Å². The molecule has 1 unspecified atom stereocenters. The van der Waals surface area contributed by atoms with Crippen molar-refractivity contribution < 1.29 is 24.1 Å². The lowest BCUT2D eigenvalue weighted by Crippen LogP contribution is -2.60. The van der Waals surface area contributed by atoms with Gasteiger partial charge in [0.15, 0.2) is 0 Å². The zero-order valence-corrected chi connectivity index (χ0v) is 28.6. The van der Waals surface area contributed by atoms with Crippen LogP contribution < -0.4 is 10.2 Å². The Bertz CT molecular complexity index is 1830. The first-order valence-electron chi connectivity index (χ1n) is 17.5. The lowest BCUT2D eigenvalue weighted by atomic mass is 9.77. The zero-order valence-electron chi connectivity index (χ0n) is 27.8. The van der Waals surface area contributed by atoms with E-state index < -0.39 is 11.5 Å². The molecule has 1 aromatic heterocycles. The van der Waals surface area contributed by atoms with Crippen molar-refractivity contribution in [3.05, 3.63) is 98.4 Å². The zero-order chi connectivity index (χ0) is 34.0. The first-order chi connectivity index (χ1) is 23.7. The van der Waals surface area contributed by atoms with Crippen LogP contribution in [0.3, 0.4) is 0 Å². The Balaban J connectivity index is 0.915. The number of thiazole rings is 1. The third-order valence-electron chi connectivity index (χ3n) is 10.8. The first kappa shape index (κ1) is 33.9. The predicted molar refractivity (Wildman–Crippen MR) is 188 cm³/mol. The van der Waals surface area contributed by atoms with Gasteiger partial charge in [0.2, 0.25) is 5.91 Å². The summed E-state index contributed by atoms with van der Waals surface area (Å²) >= 11 is 0.959. The van der Waals surface area contributed by atoms with E-state index in [-0.39, 0.29) is 34.5 Å². The summed E-state index contributed by atoms with van der Waals surface area (Å²) in [6.07, 6.45) is 5.35. The average Bonchev–Trinajstić information content (AvgIpc) is 3.76. The Morgan fingerprint density at radius 1 is 1.02 bits per heavy atom. The lowest BCUT2D eigenvalue weighted by molar-refractivity contribution is -0.164. The molecule has 2 aliphatic heterocycles. The number of aliphatic hydroxyl groups is 1. The number of rotatable bonds is 10. The highest BCUT2D eigenvalue weighted by atomic mass is 32.1. The molecule has 260 valence electrons. The summed E-state index contributed by atoms with van der Waals surface area (Å²) in [5.74, 6) is -0.0339. The Kier molecular flexibility index (Phi) is 9.90. The van der Waals surface area contributed by atoms with Crippen LogP contribution in [-0.4, -0.2) is 82.4 Å². The van der Waals surface area contributed by atoms with E-state index in [2.05, 4.69) is 38.3 Å². The van der Waals surface area contributed by atoms with Crippen LogP contribution in [0.1, 0.15) is 66.9 Å². The molecule has 1 saturated carbocycles. The number of carbonyl (C=O) groups is 1. The number of phenolic OH excluding ortho intramolecular Hbond substituents is 1. The summed E-state index contributed by atoms with van der Waals surface area (Å²) in [5.41, 5.74) is 3.09. The van der Waals surface area contributed by atoms with Gasteiger partial charge in [-0.3, -0.25) is 14.5 Å². The van der Waals surface area contributed by atoms with Gasteiger partial charge in [-0.15, -0.1) is 0 Å². The number of carbonyl (C=O) groups excluding carboxylic acids is 1. The summed E-state index contributed by atoms with van der Waals surface area (Å²) in [6.45, 7) is 4.88. The van der Waals surface area contributed by atoms with Crippen molar-refractivity contribution in [2.45, 2.75) is 68.6 Å². The SMILES string of the molecule is O=C(N1CCOC2(CCN(Cc3cc(F)cc(CCNCC(O)c4ccc(O)c5[nH]c(=O)sc45)c3)CC2)C1)C1(c2ccccc2)CCCC1. The molecule has 1 spiro atoms. The number of phenols is 1. The number of aromatic hydroxyl groups is 1. The molecule has 1 aliphatic carbocycles. The molecule has 1 atom stereocenters. The topological polar surface area (TPSA) is 118 Å². The quantitative estimate of drug-likeness (QED) is 0.173. The number of aromatic amines is 1. The predicted octanol–water partition coefficient (Wildman–Crippen LogP) is 5.01. The smallest absolute Gasteiger partial charge is 0.305 e. The number of nitrogens with one attached hydrogen (secondary N) is 2. The highest BCUT2D eigenvalue weighted by Crippen LogP contribution is 2.44. The van der Waals surface area contributed by atoms with E-state index in [0.29, 0.717) is 55.0 Å². The molecule has 1 amide bonds. The number of piperidine rings is 1. The van der Waals surface area contributed by atoms with Crippen molar-refractivity contribution in [2.24, 2.45) is 0 Å². The third-order valence-corrected chi connectivity index (χ3v) is 11.7. The van der Waals surface area contributed by atoms with Crippen LogP contribution in [0.15, 0.2) is 65.5 Å². The molecule has 3 aromatic carbocycles. The first-order valence-corrected chi connectivity index (χ1v) is 18.3. The number of aromatic nitrogens is 1. The number of hydrogen-bond acceptors (Lipinski definition) is 8. The lowest BCUT2D eigenvalue weighted by Gasteiger charge is -2.49. The van der Waals surface area contributed by atoms with Crippen LogP contribution in [0.5, 0.6) is 5.75 Å². The van der Waals surface area contributed by atoms with E-state index in [1.165, 1.54) is 6.07 Å². The minimum absolute atomic E-state index is 0.0275. The van der Waals surface area contributed by atoms with E-state index in [4.69, 9.17) is 4.74 Å². The molecule has 11 heteroatoms. The molecule has 3 heterocycles. The Morgan fingerprint density at radius 3 is 2.55 bits per heavy atom. The van der Waals surface area contributed by atoms with Gasteiger partial charge in [-0.2, -0.15) is 0 Å². The van der Waals surface area contributed by atoms with E-state index in [0.717, 1.165) is 79.6 Å². The van der Waals surface area contributed by atoms with Crippen LogP contribution in [0.4, 0.5) is 4.39 Å². The molecule has 49 heavy (non-hydrogen) atoms. The van der Waals surface area contributed by atoms with Crippen molar-refractivity contribution in [1.82, 2.24) is 20.1 Å². The highest BCUT2D eigenvalue weighted by Gasteiger charge is 2.48. The summed E-state index contributed by atoms with van der Waals surface area (Å²) in [6, 6.07) is 18.6. The minimum atomic E-state index is -0.869. The van der Waals surface area contributed by atoms with Crippen LogP contribution >= 0.6 is 11.3 Å². The van der Waals surface area contributed by atoms with Gasteiger partial charge in [0.05, 0.1) is 28.4 Å². The van der Waals surface area contributed by atoms with Gasteiger partial charge >= 0.3 is 4.87 Å². The van der Waals surface area contributed by atoms with Gasteiger partial charge in [-0.1, -0.05) is 66.6 Å². The highest BCUT2D eigenvalue weighted by molar-refractivity contribution is 7.16.